The van der Waals surface area contributed by atoms with Gasteiger partial charge in [-0.2, -0.15) is 0 Å². The van der Waals surface area contributed by atoms with Crippen LogP contribution < -0.4 is 5.43 Å². The van der Waals surface area contributed by atoms with Crippen LogP contribution in [0.4, 0.5) is 0 Å². The van der Waals surface area contributed by atoms with Crippen LogP contribution in [0.15, 0.2) is 33.7 Å². The third-order valence-electron chi connectivity index (χ3n) is 3.21. The number of phenolic OH excluding ortho intramolecular Hbond substituents is 1. The third-order valence-corrected chi connectivity index (χ3v) is 3.21. The molecule has 2 aromatic rings. The molecular formula is C16H18O5. The van der Waals surface area contributed by atoms with Crippen molar-refractivity contribution in [3.05, 3.63) is 40.2 Å². The average molecular weight is 290 g/mol. The molecule has 0 fully saturated rings. The number of hydrogen-bond acceptors (Lipinski definition) is 5. The lowest BCUT2D eigenvalue weighted by molar-refractivity contribution is -0.143. The van der Waals surface area contributed by atoms with Gasteiger partial charge in [0, 0.05) is 18.1 Å². The van der Waals surface area contributed by atoms with E-state index < -0.39 is 0 Å². The van der Waals surface area contributed by atoms with Gasteiger partial charge in [-0.05, 0) is 38.3 Å². The van der Waals surface area contributed by atoms with E-state index in [1.165, 1.54) is 18.4 Å². The summed E-state index contributed by atoms with van der Waals surface area (Å²) in [5.41, 5.74) is 0.861. The zero-order valence-corrected chi connectivity index (χ0v) is 11.9. The quantitative estimate of drug-likeness (QED) is 0.654. The van der Waals surface area contributed by atoms with Gasteiger partial charge in [-0.3, -0.25) is 9.59 Å². The van der Waals surface area contributed by atoms with Gasteiger partial charge >= 0.3 is 5.97 Å². The summed E-state index contributed by atoms with van der Waals surface area (Å²) in [6, 6.07) is 4.43. The maximum absolute atomic E-state index is 12.2. The molecule has 2 rings (SSSR count). The number of rotatable bonds is 6. The molecule has 112 valence electrons. The van der Waals surface area contributed by atoms with Gasteiger partial charge in [-0.1, -0.05) is 0 Å². The second kappa shape index (κ2) is 6.92. The van der Waals surface area contributed by atoms with Crippen LogP contribution in [0.3, 0.4) is 0 Å². The molecule has 0 saturated carbocycles. The van der Waals surface area contributed by atoms with Crippen molar-refractivity contribution in [1.29, 1.82) is 0 Å². The Hall–Kier alpha value is -2.30. The van der Waals surface area contributed by atoms with E-state index in [1.54, 1.807) is 13.0 Å². The number of ether oxygens (including phenoxy) is 1. The first-order valence-electron chi connectivity index (χ1n) is 7.01. The molecule has 1 aromatic heterocycles. The van der Waals surface area contributed by atoms with Crippen molar-refractivity contribution in [3.63, 3.8) is 0 Å². The van der Waals surface area contributed by atoms with E-state index in [0.717, 1.165) is 0 Å². The molecule has 5 heteroatoms. The number of unbranched alkanes of at least 4 members (excludes halogenated alkanes) is 1. The molecule has 0 spiro atoms. The lowest BCUT2D eigenvalue weighted by Gasteiger charge is -2.03. The monoisotopic (exact) mass is 290 g/mol. The van der Waals surface area contributed by atoms with E-state index in [2.05, 4.69) is 0 Å². The minimum Gasteiger partial charge on any atom is -0.508 e. The van der Waals surface area contributed by atoms with E-state index in [-0.39, 0.29) is 17.1 Å². The summed E-state index contributed by atoms with van der Waals surface area (Å²) < 4.78 is 10.2. The number of hydrogen-bond donors (Lipinski definition) is 1. The number of carbonyl (C=O) groups excluding carboxylic acids is 1. The van der Waals surface area contributed by atoms with Crippen molar-refractivity contribution in [2.75, 3.05) is 6.61 Å². The molecule has 0 radical (unpaired) electrons. The molecule has 1 N–H and O–H groups in total. The molecule has 1 aromatic carbocycles. The molecule has 0 aliphatic carbocycles. The Labute approximate surface area is 122 Å². The fourth-order valence-corrected chi connectivity index (χ4v) is 2.15. The highest BCUT2D eigenvalue weighted by Crippen LogP contribution is 2.18. The number of carbonyl (C=O) groups is 1. The molecule has 0 saturated heterocycles. The summed E-state index contributed by atoms with van der Waals surface area (Å²) in [4.78, 5) is 23.4. The molecule has 0 aliphatic heterocycles. The number of fused-ring (bicyclic) bond motifs is 1. The summed E-state index contributed by atoms with van der Waals surface area (Å²) in [6.07, 6.45) is 3.73. The highest BCUT2D eigenvalue weighted by molar-refractivity contribution is 5.78. The van der Waals surface area contributed by atoms with Crippen molar-refractivity contribution in [2.24, 2.45) is 0 Å². The van der Waals surface area contributed by atoms with Crippen LogP contribution in [0.2, 0.25) is 0 Å². The van der Waals surface area contributed by atoms with E-state index in [0.29, 0.717) is 48.8 Å². The lowest BCUT2D eigenvalue weighted by atomic mass is 10.1. The summed E-state index contributed by atoms with van der Waals surface area (Å²) in [6.45, 7) is 2.16. The standard InChI is InChI=1S/C16H18O5/c1-2-20-15(18)6-4-3-5-11-10-21-14-9-12(17)7-8-13(14)16(11)19/h7-10,17H,2-6H2,1H3. The van der Waals surface area contributed by atoms with Gasteiger partial charge in [0.25, 0.3) is 0 Å². The summed E-state index contributed by atoms with van der Waals surface area (Å²) in [5, 5.41) is 9.81. The summed E-state index contributed by atoms with van der Waals surface area (Å²) in [5.74, 6) is -0.147. The molecular weight excluding hydrogens is 272 g/mol. The molecule has 0 bridgehead atoms. The highest BCUT2D eigenvalue weighted by atomic mass is 16.5. The van der Waals surface area contributed by atoms with Crippen LogP contribution in [0.25, 0.3) is 11.0 Å². The maximum Gasteiger partial charge on any atom is 0.305 e. The molecule has 0 aliphatic rings. The number of aryl methyl sites for hydroxylation is 1. The first-order chi connectivity index (χ1) is 10.1. The smallest absolute Gasteiger partial charge is 0.305 e. The fourth-order valence-electron chi connectivity index (χ4n) is 2.15. The molecule has 21 heavy (non-hydrogen) atoms. The van der Waals surface area contributed by atoms with Crippen LogP contribution in [0.5, 0.6) is 5.75 Å². The van der Waals surface area contributed by atoms with Crippen molar-refractivity contribution in [2.45, 2.75) is 32.6 Å². The minimum absolute atomic E-state index is 0.0628. The van der Waals surface area contributed by atoms with Crippen molar-refractivity contribution < 1.29 is 19.1 Å². The SMILES string of the molecule is CCOC(=O)CCCCc1coc2cc(O)ccc2c1=O. The predicted molar refractivity (Wildman–Crippen MR) is 78.3 cm³/mol. The zero-order valence-electron chi connectivity index (χ0n) is 11.9. The largest absolute Gasteiger partial charge is 0.508 e. The van der Waals surface area contributed by atoms with E-state index in [4.69, 9.17) is 9.15 Å². The van der Waals surface area contributed by atoms with E-state index in [1.807, 2.05) is 0 Å². The molecule has 0 amide bonds. The number of benzene rings is 1. The third kappa shape index (κ3) is 3.84. The van der Waals surface area contributed by atoms with Gasteiger partial charge in [0.1, 0.15) is 11.3 Å². The van der Waals surface area contributed by atoms with Crippen LogP contribution in [-0.2, 0) is 16.0 Å². The van der Waals surface area contributed by atoms with Crippen LogP contribution in [-0.4, -0.2) is 17.7 Å². The molecule has 0 unspecified atom stereocenters. The Morgan fingerprint density at radius 2 is 2.14 bits per heavy atom. The molecule has 0 atom stereocenters. The van der Waals surface area contributed by atoms with Gasteiger partial charge in [-0.25, -0.2) is 0 Å². The molecule has 5 nitrogen and oxygen atoms in total. The lowest BCUT2D eigenvalue weighted by Crippen LogP contribution is -2.09. The fraction of sp³-hybridized carbons (Fsp3) is 0.375. The first kappa shape index (κ1) is 15.1. The second-order valence-corrected chi connectivity index (χ2v) is 4.78. The number of esters is 1. The van der Waals surface area contributed by atoms with E-state index >= 15 is 0 Å². The Morgan fingerprint density at radius 3 is 2.90 bits per heavy atom. The van der Waals surface area contributed by atoms with E-state index in [9.17, 15) is 14.7 Å². The Balaban J connectivity index is 2.00. The van der Waals surface area contributed by atoms with Crippen LogP contribution in [0.1, 0.15) is 31.7 Å². The number of aromatic hydroxyl groups is 1. The van der Waals surface area contributed by atoms with Gasteiger partial charge < -0.3 is 14.3 Å². The van der Waals surface area contributed by atoms with Crippen LogP contribution >= 0.6 is 0 Å². The Bertz CT molecular complexity index is 687. The van der Waals surface area contributed by atoms with Gasteiger partial charge in [0.05, 0.1) is 18.3 Å². The Kier molecular flexibility index (Phi) is 4.98. The van der Waals surface area contributed by atoms with Crippen molar-refractivity contribution in [3.8, 4) is 5.75 Å². The summed E-state index contributed by atoms with van der Waals surface area (Å²) in [7, 11) is 0. The topological polar surface area (TPSA) is 76.7 Å². The average Bonchev–Trinajstić information content (AvgIpc) is 2.46. The number of phenols is 1. The van der Waals surface area contributed by atoms with Gasteiger partial charge in [-0.15, -0.1) is 0 Å². The second-order valence-electron chi connectivity index (χ2n) is 4.78. The minimum atomic E-state index is -0.210. The maximum atomic E-state index is 12.2. The highest BCUT2D eigenvalue weighted by Gasteiger charge is 2.08. The van der Waals surface area contributed by atoms with Crippen molar-refractivity contribution in [1.82, 2.24) is 0 Å². The first-order valence-corrected chi connectivity index (χ1v) is 7.01. The summed E-state index contributed by atoms with van der Waals surface area (Å²) >= 11 is 0. The van der Waals surface area contributed by atoms with Crippen LogP contribution in [0, 0.1) is 0 Å². The molecule has 1 heterocycles. The van der Waals surface area contributed by atoms with Gasteiger partial charge in [0.15, 0.2) is 5.43 Å². The van der Waals surface area contributed by atoms with Crippen molar-refractivity contribution >= 4 is 16.9 Å². The van der Waals surface area contributed by atoms with Gasteiger partial charge in [0.2, 0.25) is 0 Å². The Morgan fingerprint density at radius 1 is 1.33 bits per heavy atom. The predicted octanol–water partition coefficient (Wildman–Crippen LogP) is 2.77. The zero-order chi connectivity index (χ0) is 15.2. The normalized spacial score (nSPS) is 10.7.